The number of hydrogen-bond donors (Lipinski definition) is 0. The molecule has 6 nitrogen and oxygen atoms in total. The molecule has 0 spiro atoms. The largest absolute Gasteiger partial charge is 0.416 e. The Morgan fingerprint density at radius 1 is 0.867 bits per heavy atom. The van der Waals surface area contributed by atoms with Crippen molar-refractivity contribution < 1.29 is 26.4 Å². The predicted molar refractivity (Wildman–Crippen MR) is 94.3 cm³/mol. The molecule has 4 rings (SSSR count). The fourth-order valence-corrected chi connectivity index (χ4v) is 2.72. The summed E-state index contributed by atoms with van der Waals surface area (Å²) in [6.45, 7) is 0.347. The van der Waals surface area contributed by atoms with Crippen molar-refractivity contribution in [2.45, 2.75) is 19.1 Å². The third-order valence-electron chi connectivity index (χ3n) is 4.22. The summed E-state index contributed by atoms with van der Waals surface area (Å²) >= 11 is 0. The maximum absolute atomic E-state index is 12.7. The van der Waals surface area contributed by atoms with E-state index in [1.165, 1.54) is 16.8 Å². The van der Waals surface area contributed by atoms with E-state index in [9.17, 15) is 22.0 Å². The van der Waals surface area contributed by atoms with E-state index < -0.39 is 24.1 Å². The molecule has 0 amide bonds. The number of alkyl halides is 5. The van der Waals surface area contributed by atoms with Gasteiger partial charge in [-0.3, -0.25) is 0 Å². The molecule has 0 atom stereocenters. The Bertz CT molecular complexity index is 1130. The Balaban J connectivity index is 1.46. The van der Waals surface area contributed by atoms with Gasteiger partial charge >= 0.3 is 12.6 Å². The molecule has 0 aliphatic rings. The second-order valence-electron chi connectivity index (χ2n) is 6.32. The quantitative estimate of drug-likeness (QED) is 0.424. The van der Waals surface area contributed by atoms with Crippen molar-refractivity contribution >= 4 is 0 Å². The number of rotatable bonds is 5. The summed E-state index contributed by atoms with van der Waals surface area (Å²) in [6, 6.07) is 11.4. The topological polar surface area (TPSA) is 69.6 Å². The smallest absolute Gasteiger partial charge is 0.415 e. The van der Waals surface area contributed by atoms with Crippen LogP contribution in [0.25, 0.3) is 22.7 Å². The summed E-state index contributed by atoms with van der Waals surface area (Å²) in [5.41, 5.74) is 1.53. The van der Waals surface area contributed by atoms with Gasteiger partial charge in [-0.1, -0.05) is 29.5 Å². The Morgan fingerprint density at radius 2 is 1.53 bits per heavy atom. The minimum Gasteiger partial charge on any atom is -0.415 e. The lowest BCUT2D eigenvalue weighted by Gasteiger charge is -2.06. The first-order valence-electron chi connectivity index (χ1n) is 8.58. The lowest BCUT2D eigenvalue weighted by atomic mass is 10.1. The Labute approximate surface area is 166 Å². The Kier molecular flexibility index (Phi) is 5.02. The maximum Gasteiger partial charge on any atom is 0.416 e. The number of hydrogen-bond acceptors (Lipinski definition) is 5. The lowest BCUT2D eigenvalue weighted by molar-refractivity contribution is -0.137. The van der Waals surface area contributed by atoms with Crippen LogP contribution in [0.1, 0.15) is 23.4 Å². The summed E-state index contributed by atoms with van der Waals surface area (Å²) in [5.74, 6) is -0.755. The van der Waals surface area contributed by atoms with Crippen LogP contribution in [-0.4, -0.2) is 25.2 Å². The van der Waals surface area contributed by atoms with Gasteiger partial charge in [0.2, 0.25) is 5.89 Å². The Hall–Kier alpha value is -3.63. The molecule has 0 saturated carbocycles. The number of aromatic nitrogens is 5. The first-order chi connectivity index (χ1) is 14.3. The van der Waals surface area contributed by atoms with Crippen LogP contribution in [0.5, 0.6) is 0 Å². The summed E-state index contributed by atoms with van der Waals surface area (Å²) in [4.78, 5) is 0. The van der Waals surface area contributed by atoms with E-state index in [0.717, 1.165) is 17.7 Å². The third kappa shape index (κ3) is 4.19. The van der Waals surface area contributed by atoms with Crippen LogP contribution in [-0.2, 0) is 12.7 Å². The van der Waals surface area contributed by atoms with Gasteiger partial charge in [0.05, 0.1) is 18.3 Å². The van der Waals surface area contributed by atoms with Crippen molar-refractivity contribution in [1.29, 1.82) is 0 Å². The van der Waals surface area contributed by atoms with Gasteiger partial charge in [0, 0.05) is 11.1 Å². The molecule has 0 bridgehead atoms. The average molecular weight is 421 g/mol. The normalized spacial score (nSPS) is 11.9. The highest BCUT2D eigenvalue weighted by Crippen LogP contribution is 2.30. The van der Waals surface area contributed by atoms with Crippen molar-refractivity contribution in [1.82, 2.24) is 25.2 Å². The van der Waals surface area contributed by atoms with Crippen LogP contribution in [0.4, 0.5) is 22.0 Å². The van der Waals surface area contributed by atoms with Gasteiger partial charge in [0.1, 0.15) is 5.69 Å². The zero-order valence-electron chi connectivity index (χ0n) is 15.0. The van der Waals surface area contributed by atoms with Crippen molar-refractivity contribution in [3.63, 3.8) is 0 Å². The highest BCUT2D eigenvalue weighted by atomic mass is 19.4. The monoisotopic (exact) mass is 421 g/mol. The van der Waals surface area contributed by atoms with E-state index in [1.54, 1.807) is 30.5 Å². The van der Waals surface area contributed by atoms with Gasteiger partial charge in [0.15, 0.2) is 0 Å². The zero-order valence-corrected chi connectivity index (χ0v) is 15.0. The van der Waals surface area contributed by atoms with E-state index in [0.29, 0.717) is 23.4 Å². The highest BCUT2D eigenvalue weighted by Gasteiger charge is 2.30. The first kappa shape index (κ1) is 19.7. The van der Waals surface area contributed by atoms with Crippen LogP contribution in [0.15, 0.2) is 59.1 Å². The second kappa shape index (κ2) is 7.65. The summed E-state index contributed by atoms with van der Waals surface area (Å²) in [5, 5.41) is 14.8. The summed E-state index contributed by atoms with van der Waals surface area (Å²) in [6.07, 6.45) is -5.62. The SMILES string of the molecule is FC(F)c1nnc(-c2ccc(Cn3cc(-c4ccc(C(F)(F)F)cc4)nn3)cc2)o1. The third-order valence-corrected chi connectivity index (χ3v) is 4.22. The van der Waals surface area contributed by atoms with E-state index in [2.05, 4.69) is 20.5 Å². The molecule has 154 valence electrons. The molecule has 0 saturated heterocycles. The molecule has 0 N–H and O–H groups in total. The fraction of sp³-hybridized carbons (Fsp3) is 0.158. The van der Waals surface area contributed by atoms with Gasteiger partial charge in [-0.15, -0.1) is 15.3 Å². The minimum absolute atomic E-state index is 0.0119. The minimum atomic E-state index is -4.40. The van der Waals surface area contributed by atoms with Gasteiger partial charge in [-0.05, 0) is 29.8 Å². The van der Waals surface area contributed by atoms with E-state index in [1.807, 2.05) is 0 Å². The molecule has 0 radical (unpaired) electrons. The molecule has 0 aliphatic heterocycles. The van der Waals surface area contributed by atoms with Crippen molar-refractivity contribution in [2.75, 3.05) is 0 Å². The van der Waals surface area contributed by atoms with Crippen LogP contribution >= 0.6 is 0 Å². The van der Waals surface area contributed by atoms with Crippen molar-refractivity contribution in [3.05, 3.63) is 71.7 Å². The molecule has 0 aliphatic carbocycles. The molecule has 2 aromatic carbocycles. The van der Waals surface area contributed by atoms with Crippen LogP contribution < -0.4 is 0 Å². The number of benzene rings is 2. The summed E-state index contributed by atoms with van der Waals surface area (Å²) in [7, 11) is 0. The van der Waals surface area contributed by atoms with E-state index in [4.69, 9.17) is 4.42 Å². The zero-order chi connectivity index (χ0) is 21.3. The molecular weight excluding hydrogens is 409 g/mol. The van der Waals surface area contributed by atoms with Gasteiger partial charge in [-0.25, -0.2) is 4.68 Å². The maximum atomic E-state index is 12.7. The molecule has 0 fully saturated rings. The van der Waals surface area contributed by atoms with Crippen LogP contribution in [0, 0.1) is 0 Å². The van der Waals surface area contributed by atoms with E-state index in [-0.39, 0.29) is 5.89 Å². The van der Waals surface area contributed by atoms with Gasteiger partial charge in [-0.2, -0.15) is 22.0 Å². The number of nitrogens with zero attached hydrogens (tertiary/aromatic N) is 5. The average Bonchev–Trinajstić information content (AvgIpc) is 3.38. The predicted octanol–water partition coefficient (Wildman–Crippen LogP) is 5.00. The fourth-order valence-electron chi connectivity index (χ4n) is 2.72. The molecule has 30 heavy (non-hydrogen) atoms. The van der Waals surface area contributed by atoms with Crippen molar-refractivity contribution in [2.24, 2.45) is 0 Å². The molecular formula is C19H12F5N5O. The van der Waals surface area contributed by atoms with E-state index >= 15 is 0 Å². The molecule has 2 heterocycles. The lowest BCUT2D eigenvalue weighted by Crippen LogP contribution is -2.03. The highest BCUT2D eigenvalue weighted by molar-refractivity contribution is 5.58. The van der Waals surface area contributed by atoms with Crippen molar-refractivity contribution in [3.8, 4) is 22.7 Å². The standard InChI is InChI=1S/C19H12F5N5O/c20-16(21)18-27-26-17(30-18)13-3-1-11(2-4-13)9-29-10-15(25-28-29)12-5-7-14(8-6-12)19(22,23)24/h1-8,10,16H,9H2. The summed E-state index contributed by atoms with van der Waals surface area (Å²) < 4.78 is 69.5. The van der Waals surface area contributed by atoms with Gasteiger partial charge < -0.3 is 4.42 Å². The van der Waals surface area contributed by atoms with Crippen LogP contribution in [0.3, 0.4) is 0 Å². The molecule has 11 heteroatoms. The van der Waals surface area contributed by atoms with Crippen LogP contribution in [0.2, 0.25) is 0 Å². The molecule has 2 aromatic heterocycles. The van der Waals surface area contributed by atoms with Gasteiger partial charge in [0.25, 0.3) is 5.89 Å². The number of halogens is 5. The first-order valence-corrected chi connectivity index (χ1v) is 8.58. The molecule has 0 unspecified atom stereocenters. The molecule has 4 aromatic rings. The Morgan fingerprint density at radius 3 is 2.13 bits per heavy atom. The second-order valence-corrected chi connectivity index (χ2v) is 6.32.